The predicted molar refractivity (Wildman–Crippen MR) is 62.9 cm³/mol. The topological polar surface area (TPSA) is 37.8 Å². The molecular weight excluding hydrogens is 206 g/mol. The second kappa shape index (κ2) is 5.28. The molecular formula is C11H15N3S. The summed E-state index contributed by atoms with van der Waals surface area (Å²) in [4.78, 5) is 8.03. The number of nitrogens with zero attached hydrogens (tertiary/aromatic N) is 2. The van der Waals surface area contributed by atoms with E-state index in [2.05, 4.69) is 21.9 Å². The van der Waals surface area contributed by atoms with Crippen molar-refractivity contribution in [2.24, 2.45) is 0 Å². The summed E-state index contributed by atoms with van der Waals surface area (Å²) in [7, 11) is 0. The molecule has 4 heteroatoms. The molecule has 0 aliphatic heterocycles. The first-order valence-electron chi connectivity index (χ1n) is 5.13. The van der Waals surface area contributed by atoms with Crippen molar-refractivity contribution in [1.29, 1.82) is 0 Å². The van der Waals surface area contributed by atoms with E-state index < -0.39 is 0 Å². The minimum absolute atomic E-state index is 0.755. The molecule has 1 aliphatic carbocycles. The lowest BCUT2D eigenvalue weighted by atomic mass is 10.3. The van der Waals surface area contributed by atoms with Crippen LogP contribution in [0.1, 0.15) is 12.8 Å². The van der Waals surface area contributed by atoms with Crippen LogP contribution in [0.15, 0.2) is 35.8 Å². The smallest absolute Gasteiger partial charge is 0.116 e. The average Bonchev–Trinajstić information content (AvgIpc) is 3.09. The SMILES string of the molecule is C=C(CNC1CC1)CSc1ccncn1. The molecule has 1 aromatic heterocycles. The maximum Gasteiger partial charge on any atom is 0.116 e. The van der Waals surface area contributed by atoms with Gasteiger partial charge in [0.1, 0.15) is 6.33 Å². The first-order valence-corrected chi connectivity index (χ1v) is 6.12. The summed E-state index contributed by atoms with van der Waals surface area (Å²) in [5.41, 5.74) is 1.23. The number of nitrogens with one attached hydrogen (secondary N) is 1. The van der Waals surface area contributed by atoms with Crippen molar-refractivity contribution in [1.82, 2.24) is 15.3 Å². The van der Waals surface area contributed by atoms with Crippen LogP contribution in [0.3, 0.4) is 0 Å². The van der Waals surface area contributed by atoms with Crippen LogP contribution < -0.4 is 5.32 Å². The Morgan fingerprint density at radius 3 is 3.13 bits per heavy atom. The average molecular weight is 221 g/mol. The minimum Gasteiger partial charge on any atom is -0.310 e. The lowest BCUT2D eigenvalue weighted by Gasteiger charge is -2.05. The van der Waals surface area contributed by atoms with Crippen LogP contribution in [0, 0.1) is 0 Å². The quantitative estimate of drug-likeness (QED) is 0.452. The summed E-state index contributed by atoms with van der Waals surface area (Å²) >= 11 is 1.71. The van der Waals surface area contributed by atoms with E-state index in [1.165, 1.54) is 18.4 Å². The van der Waals surface area contributed by atoms with E-state index in [9.17, 15) is 0 Å². The number of thioether (sulfide) groups is 1. The van der Waals surface area contributed by atoms with Gasteiger partial charge < -0.3 is 5.32 Å². The molecule has 1 fully saturated rings. The maximum atomic E-state index is 4.15. The fraction of sp³-hybridized carbons (Fsp3) is 0.455. The predicted octanol–water partition coefficient (Wildman–Crippen LogP) is 1.88. The molecule has 1 saturated carbocycles. The standard InChI is InChI=1S/C11H15N3S/c1-9(6-13-10-2-3-10)7-15-11-4-5-12-8-14-11/h4-5,8,10,13H,1-3,6-7H2. The van der Waals surface area contributed by atoms with E-state index in [4.69, 9.17) is 0 Å². The molecule has 2 rings (SSSR count). The Morgan fingerprint density at radius 1 is 1.60 bits per heavy atom. The van der Waals surface area contributed by atoms with Gasteiger partial charge in [0.25, 0.3) is 0 Å². The van der Waals surface area contributed by atoms with Crippen LogP contribution in [0.2, 0.25) is 0 Å². The molecule has 1 aromatic rings. The molecule has 15 heavy (non-hydrogen) atoms. The van der Waals surface area contributed by atoms with Gasteiger partial charge >= 0.3 is 0 Å². The van der Waals surface area contributed by atoms with Crippen LogP contribution in [0.25, 0.3) is 0 Å². The van der Waals surface area contributed by atoms with Gasteiger partial charge in [-0.25, -0.2) is 9.97 Å². The molecule has 0 bridgehead atoms. The van der Waals surface area contributed by atoms with Gasteiger partial charge in [0.05, 0.1) is 5.03 Å². The minimum atomic E-state index is 0.755. The fourth-order valence-corrected chi connectivity index (χ4v) is 1.90. The molecule has 0 unspecified atom stereocenters. The third-order valence-corrected chi connectivity index (χ3v) is 3.29. The summed E-state index contributed by atoms with van der Waals surface area (Å²) in [6.07, 6.45) is 5.99. The van der Waals surface area contributed by atoms with Gasteiger partial charge in [-0.1, -0.05) is 12.2 Å². The molecule has 0 spiro atoms. The molecule has 0 saturated heterocycles. The lowest BCUT2D eigenvalue weighted by Crippen LogP contribution is -2.19. The molecule has 3 nitrogen and oxygen atoms in total. The third-order valence-electron chi connectivity index (χ3n) is 2.20. The van der Waals surface area contributed by atoms with Crippen LogP contribution in [0.5, 0.6) is 0 Å². The van der Waals surface area contributed by atoms with Crippen molar-refractivity contribution in [2.45, 2.75) is 23.9 Å². The Hall–Kier alpha value is -0.870. The zero-order chi connectivity index (χ0) is 10.5. The Balaban J connectivity index is 1.66. The van der Waals surface area contributed by atoms with Crippen molar-refractivity contribution >= 4 is 11.8 Å². The molecule has 0 radical (unpaired) electrons. The van der Waals surface area contributed by atoms with Crippen molar-refractivity contribution in [2.75, 3.05) is 12.3 Å². The zero-order valence-electron chi connectivity index (χ0n) is 8.65. The summed E-state index contributed by atoms with van der Waals surface area (Å²) in [5.74, 6) is 0.927. The van der Waals surface area contributed by atoms with E-state index >= 15 is 0 Å². The summed E-state index contributed by atoms with van der Waals surface area (Å²) < 4.78 is 0. The van der Waals surface area contributed by atoms with E-state index in [0.717, 1.165) is 23.4 Å². The van der Waals surface area contributed by atoms with Crippen LogP contribution in [-0.4, -0.2) is 28.3 Å². The second-order valence-electron chi connectivity index (χ2n) is 3.74. The fourth-order valence-electron chi connectivity index (χ4n) is 1.17. The van der Waals surface area contributed by atoms with Crippen molar-refractivity contribution in [3.05, 3.63) is 30.7 Å². The number of hydrogen-bond acceptors (Lipinski definition) is 4. The zero-order valence-corrected chi connectivity index (χ0v) is 9.46. The van der Waals surface area contributed by atoms with Crippen molar-refractivity contribution in [3.63, 3.8) is 0 Å². The number of hydrogen-bond donors (Lipinski definition) is 1. The second-order valence-corrected chi connectivity index (χ2v) is 4.74. The van der Waals surface area contributed by atoms with Gasteiger partial charge in [0.15, 0.2) is 0 Å². The molecule has 1 N–H and O–H groups in total. The van der Waals surface area contributed by atoms with Crippen LogP contribution in [0.4, 0.5) is 0 Å². The highest BCUT2D eigenvalue weighted by Crippen LogP contribution is 2.20. The Kier molecular flexibility index (Phi) is 3.75. The van der Waals surface area contributed by atoms with E-state index in [-0.39, 0.29) is 0 Å². The third kappa shape index (κ3) is 4.01. The number of aromatic nitrogens is 2. The summed E-state index contributed by atoms with van der Waals surface area (Å²) in [6.45, 7) is 4.98. The van der Waals surface area contributed by atoms with E-state index in [1.807, 2.05) is 6.07 Å². The maximum absolute atomic E-state index is 4.15. The summed E-state index contributed by atoms with van der Waals surface area (Å²) in [6, 6.07) is 2.68. The number of rotatable bonds is 6. The summed E-state index contributed by atoms with van der Waals surface area (Å²) in [5, 5.41) is 4.46. The largest absolute Gasteiger partial charge is 0.310 e. The van der Waals surface area contributed by atoms with Crippen molar-refractivity contribution < 1.29 is 0 Å². The van der Waals surface area contributed by atoms with Gasteiger partial charge in [-0.2, -0.15) is 0 Å². The highest BCUT2D eigenvalue weighted by Gasteiger charge is 2.19. The van der Waals surface area contributed by atoms with Gasteiger partial charge in [0, 0.05) is 24.5 Å². The highest BCUT2D eigenvalue weighted by molar-refractivity contribution is 7.99. The van der Waals surface area contributed by atoms with E-state index in [0.29, 0.717) is 0 Å². The normalized spacial score (nSPS) is 15.2. The van der Waals surface area contributed by atoms with E-state index in [1.54, 1.807) is 24.3 Å². The Morgan fingerprint density at radius 2 is 2.47 bits per heavy atom. The first kappa shape index (κ1) is 10.6. The van der Waals surface area contributed by atoms with Crippen molar-refractivity contribution in [3.8, 4) is 0 Å². The molecule has 80 valence electrons. The van der Waals surface area contributed by atoms with Gasteiger partial charge in [-0.3, -0.25) is 0 Å². The van der Waals surface area contributed by atoms with Gasteiger partial charge in [-0.15, -0.1) is 11.8 Å². The monoisotopic (exact) mass is 221 g/mol. The van der Waals surface area contributed by atoms with Crippen LogP contribution in [-0.2, 0) is 0 Å². The highest BCUT2D eigenvalue weighted by atomic mass is 32.2. The molecule has 1 heterocycles. The molecule has 0 aromatic carbocycles. The van der Waals surface area contributed by atoms with Gasteiger partial charge in [-0.05, 0) is 18.9 Å². The first-order chi connectivity index (χ1) is 7.34. The Labute approximate surface area is 94.4 Å². The lowest BCUT2D eigenvalue weighted by molar-refractivity contribution is 0.736. The van der Waals surface area contributed by atoms with Gasteiger partial charge in [0.2, 0.25) is 0 Å². The Bertz CT molecular complexity index is 322. The molecule has 0 amide bonds. The molecule has 1 aliphatic rings. The van der Waals surface area contributed by atoms with Crippen LogP contribution >= 0.6 is 11.8 Å². The molecule has 0 atom stereocenters.